The Morgan fingerprint density at radius 3 is 2.72 bits per heavy atom. The van der Waals surface area contributed by atoms with E-state index in [0.29, 0.717) is 6.54 Å². The predicted molar refractivity (Wildman–Crippen MR) is 126 cm³/mol. The Labute approximate surface area is 187 Å². The molecule has 0 unspecified atom stereocenters. The number of hydrogen-bond donors (Lipinski definition) is 2. The minimum Gasteiger partial charge on any atom is -0.459 e. The molecule has 0 radical (unpaired) electrons. The third-order valence-electron chi connectivity index (χ3n) is 6.93. The Morgan fingerprint density at radius 1 is 1.03 bits per heavy atom. The zero-order valence-electron chi connectivity index (χ0n) is 18.2. The Balaban J connectivity index is 1.34. The van der Waals surface area contributed by atoms with Crippen LogP contribution in [0.4, 0.5) is 0 Å². The van der Waals surface area contributed by atoms with Crippen LogP contribution in [0.25, 0.3) is 22.1 Å². The average Bonchev–Trinajstić information content (AvgIpc) is 3.40. The van der Waals surface area contributed by atoms with Crippen LogP contribution >= 0.6 is 0 Å². The number of furan rings is 1. The van der Waals surface area contributed by atoms with E-state index >= 15 is 0 Å². The van der Waals surface area contributed by atoms with Crippen LogP contribution in [0.15, 0.2) is 71.1 Å². The summed E-state index contributed by atoms with van der Waals surface area (Å²) in [4.78, 5) is 11.9. The van der Waals surface area contributed by atoms with Crippen LogP contribution in [0.3, 0.4) is 0 Å². The van der Waals surface area contributed by atoms with Crippen molar-refractivity contribution >= 4 is 16.9 Å². The lowest BCUT2D eigenvalue weighted by Gasteiger charge is -2.26. The largest absolute Gasteiger partial charge is 0.459 e. The van der Waals surface area contributed by atoms with Gasteiger partial charge in [0, 0.05) is 29.1 Å². The number of fused-ring (bicyclic) bond motifs is 4. The summed E-state index contributed by atoms with van der Waals surface area (Å²) in [7, 11) is 0. The van der Waals surface area contributed by atoms with E-state index in [2.05, 4.69) is 72.2 Å². The summed E-state index contributed by atoms with van der Waals surface area (Å²) in [5, 5.41) is 7.91. The van der Waals surface area contributed by atoms with Gasteiger partial charge in [0.2, 0.25) is 0 Å². The summed E-state index contributed by atoms with van der Waals surface area (Å²) in [6.45, 7) is 2.83. The van der Waals surface area contributed by atoms with Gasteiger partial charge in [-0.1, -0.05) is 42.5 Å². The molecule has 2 N–H and O–H groups in total. The molecule has 160 valence electrons. The van der Waals surface area contributed by atoms with E-state index in [1.54, 1.807) is 0 Å². The van der Waals surface area contributed by atoms with Crippen molar-refractivity contribution in [3.8, 4) is 11.1 Å². The molecule has 2 atom stereocenters. The van der Waals surface area contributed by atoms with Gasteiger partial charge in [0.05, 0.1) is 6.04 Å². The standard InChI is InChI=1S/C28H26N2O2/c1-17(18-6-3-2-4-7-18)30-25-9-5-8-23-24-15-20(11-13-26(24)32-27(23)25)19-10-12-22-21(14-19)16-29-28(22)31/h2-4,6-7,10-15,17,25,30H,5,8-9,16H2,1H3,(H,29,31)/t17-,25-/m1/s1. The van der Waals surface area contributed by atoms with Crippen molar-refractivity contribution in [2.75, 3.05) is 0 Å². The molecular formula is C28H26N2O2. The van der Waals surface area contributed by atoms with E-state index < -0.39 is 0 Å². The summed E-state index contributed by atoms with van der Waals surface area (Å²) < 4.78 is 6.40. The molecular weight excluding hydrogens is 396 g/mol. The molecule has 0 bridgehead atoms. The van der Waals surface area contributed by atoms with Crippen molar-refractivity contribution in [3.63, 3.8) is 0 Å². The lowest BCUT2D eigenvalue weighted by Crippen LogP contribution is -2.27. The molecule has 1 aliphatic carbocycles. The second-order valence-electron chi connectivity index (χ2n) is 8.95. The van der Waals surface area contributed by atoms with E-state index in [1.807, 2.05) is 12.1 Å². The molecule has 4 aromatic rings. The maximum atomic E-state index is 11.9. The lowest BCUT2D eigenvalue weighted by atomic mass is 9.90. The summed E-state index contributed by atoms with van der Waals surface area (Å²) in [5.41, 5.74) is 7.75. The highest BCUT2D eigenvalue weighted by atomic mass is 16.3. The van der Waals surface area contributed by atoms with Crippen LogP contribution in [-0.4, -0.2) is 5.91 Å². The van der Waals surface area contributed by atoms with Crippen LogP contribution in [0.2, 0.25) is 0 Å². The molecule has 1 aliphatic heterocycles. The molecule has 0 saturated carbocycles. The first-order valence-corrected chi connectivity index (χ1v) is 11.5. The van der Waals surface area contributed by atoms with Crippen molar-refractivity contribution < 1.29 is 9.21 Å². The van der Waals surface area contributed by atoms with E-state index in [9.17, 15) is 4.79 Å². The van der Waals surface area contributed by atoms with Gasteiger partial charge in [0.15, 0.2) is 0 Å². The Hall–Kier alpha value is -3.37. The molecule has 1 amide bonds. The van der Waals surface area contributed by atoms with Gasteiger partial charge in [-0.15, -0.1) is 0 Å². The first kappa shape index (κ1) is 19.3. The molecule has 2 heterocycles. The fraction of sp³-hybridized carbons (Fsp3) is 0.250. The number of carbonyl (C=O) groups excluding carboxylic acids is 1. The number of rotatable bonds is 4. The van der Waals surface area contributed by atoms with Crippen molar-refractivity contribution in [2.24, 2.45) is 0 Å². The summed E-state index contributed by atoms with van der Waals surface area (Å²) >= 11 is 0. The number of amides is 1. The molecule has 0 saturated heterocycles. The highest BCUT2D eigenvalue weighted by molar-refractivity contribution is 5.99. The second-order valence-corrected chi connectivity index (χ2v) is 8.95. The maximum absolute atomic E-state index is 11.9. The van der Waals surface area contributed by atoms with Gasteiger partial charge in [0.25, 0.3) is 5.91 Å². The number of carbonyl (C=O) groups is 1. The monoisotopic (exact) mass is 422 g/mol. The third kappa shape index (κ3) is 3.23. The van der Waals surface area contributed by atoms with Crippen LogP contribution in [0, 0.1) is 0 Å². The van der Waals surface area contributed by atoms with Gasteiger partial charge in [-0.3, -0.25) is 4.79 Å². The van der Waals surface area contributed by atoms with Crippen LogP contribution < -0.4 is 10.6 Å². The molecule has 2 aliphatic rings. The van der Waals surface area contributed by atoms with Crippen molar-refractivity contribution in [1.29, 1.82) is 0 Å². The van der Waals surface area contributed by atoms with E-state index in [0.717, 1.165) is 52.9 Å². The molecule has 0 fully saturated rings. The van der Waals surface area contributed by atoms with Crippen LogP contribution in [0.5, 0.6) is 0 Å². The molecule has 3 aromatic carbocycles. The van der Waals surface area contributed by atoms with E-state index in [4.69, 9.17) is 4.42 Å². The van der Waals surface area contributed by atoms with Gasteiger partial charge in [-0.2, -0.15) is 0 Å². The summed E-state index contributed by atoms with van der Waals surface area (Å²) in [5.74, 6) is 1.11. The van der Waals surface area contributed by atoms with Crippen molar-refractivity contribution in [3.05, 3.63) is 94.7 Å². The fourth-order valence-corrected chi connectivity index (χ4v) is 5.21. The second kappa shape index (κ2) is 7.64. The quantitative estimate of drug-likeness (QED) is 0.420. The van der Waals surface area contributed by atoms with E-state index in [-0.39, 0.29) is 18.0 Å². The Kier molecular flexibility index (Phi) is 4.62. The summed E-state index contributed by atoms with van der Waals surface area (Å²) in [6, 6.07) is 23.7. The minimum absolute atomic E-state index is 0.0224. The smallest absolute Gasteiger partial charge is 0.251 e. The van der Waals surface area contributed by atoms with Crippen molar-refractivity contribution in [2.45, 2.75) is 44.8 Å². The lowest BCUT2D eigenvalue weighted by molar-refractivity contribution is 0.0966. The molecule has 6 rings (SSSR count). The average molecular weight is 423 g/mol. The molecule has 4 nitrogen and oxygen atoms in total. The Bertz CT molecular complexity index is 1320. The zero-order valence-corrected chi connectivity index (χ0v) is 18.2. The number of benzene rings is 3. The van der Waals surface area contributed by atoms with Gasteiger partial charge >= 0.3 is 0 Å². The summed E-state index contributed by atoms with van der Waals surface area (Å²) in [6.07, 6.45) is 3.28. The molecule has 4 heteroatoms. The third-order valence-corrected chi connectivity index (χ3v) is 6.93. The highest BCUT2D eigenvalue weighted by Gasteiger charge is 2.28. The maximum Gasteiger partial charge on any atom is 0.251 e. The van der Waals surface area contributed by atoms with Gasteiger partial charge in [-0.25, -0.2) is 0 Å². The Morgan fingerprint density at radius 2 is 1.84 bits per heavy atom. The first-order valence-electron chi connectivity index (χ1n) is 11.5. The van der Waals surface area contributed by atoms with Gasteiger partial charge in [-0.05, 0) is 72.7 Å². The van der Waals surface area contributed by atoms with Crippen molar-refractivity contribution in [1.82, 2.24) is 10.6 Å². The highest BCUT2D eigenvalue weighted by Crippen LogP contribution is 2.40. The fourth-order valence-electron chi connectivity index (χ4n) is 5.21. The first-order chi connectivity index (χ1) is 15.7. The SMILES string of the molecule is C[C@@H](N[C@@H]1CCCc2c1oc1ccc(-c3ccc4c(c3)CNC4=O)cc21)c1ccccc1. The van der Waals surface area contributed by atoms with Gasteiger partial charge in [0.1, 0.15) is 11.3 Å². The van der Waals surface area contributed by atoms with Gasteiger partial charge < -0.3 is 15.1 Å². The minimum atomic E-state index is 0.0224. The van der Waals surface area contributed by atoms with Crippen LogP contribution in [-0.2, 0) is 13.0 Å². The van der Waals surface area contributed by atoms with Crippen LogP contribution in [0.1, 0.15) is 64.7 Å². The molecule has 32 heavy (non-hydrogen) atoms. The van der Waals surface area contributed by atoms with E-state index in [1.165, 1.54) is 16.5 Å². The number of aryl methyl sites for hydroxylation is 1. The zero-order chi connectivity index (χ0) is 21.7. The molecule has 0 spiro atoms. The normalized spacial score (nSPS) is 18.3. The number of hydrogen-bond acceptors (Lipinski definition) is 3. The topological polar surface area (TPSA) is 54.3 Å². The predicted octanol–water partition coefficient (Wildman–Crippen LogP) is 6.07. The number of nitrogens with one attached hydrogen (secondary N) is 2. The molecule has 1 aromatic heterocycles.